The molecule has 0 aromatic heterocycles. The fourth-order valence-corrected chi connectivity index (χ4v) is 2.76. The van der Waals surface area contributed by atoms with E-state index in [1.165, 1.54) is 51.9 Å². The van der Waals surface area contributed by atoms with E-state index in [0.29, 0.717) is 0 Å². The van der Waals surface area contributed by atoms with Gasteiger partial charge in [-0.3, -0.25) is 4.90 Å². The van der Waals surface area contributed by atoms with Gasteiger partial charge in [-0.2, -0.15) is 0 Å². The van der Waals surface area contributed by atoms with Crippen LogP contribution in [0.25, 0.3) is 0 Å². The zero-order chi connectivity index (χ0) is 9.97. The third-order valence-electron chi connectivity index (χ3n) is 3.75. The summed E-state index contributed by atoms with van der Waals surface area (Å²) < 4.78 is 0. The first-order valence-corrected chi connectivity index (χ1v) is 6.25. The van der Waals surface area contributed by atoms with Crippen molar-refractivity contribution in [1.82, 2.24) is 9.80 Å². The number of rotatable bonds is 3. The van der Waals surface area contributed by atoms with E-state index >= 15 is 0 Å². The van der Waals surface area contributed by atoms with Gasteiger partial charge in [0.15, 0.2) is 0 Å². The fraction of sp³-hybridized carbons (Fsp3) is 1.00. The molecule has 0 spiro atoms. The molecule has 2 fully saturated rings. The van der Waals surface area contributed by atoms with Crippen LogP contribution in [0.5, 0.6) is 0 Å². The van der Waals surface area contributed by atoms with Crippen LogP contribution in [0.3, 0.4) is 0 Å². The molecule has 0 aromatic rings. The molecule has 0 bridgehead atoms. The Balaban J connectivity index is 1.85. The van der Waals surface area contributed by atoms with E-state index in [-0.39, 0.29) is 0 Å². The largest absolute Gasteiger partial charge is 0.302 e. The van der Waals surface area contributed by atoms with Gasteiger partial charge in [0.25, 0.3) is 0 Å². The molecule has 2 saturated heterocycles. The molecular weight excluding hydrogens is 172 g/mol. The molecule has 0 saturated carbocycles. The molecule has 2 heterocycles. The lowest BCUT2D eigenvalue weighted by Gasteiger charge is -2.43. The Labute approximate surface area is 88.3 Å². The average molecular weight is 196 g/mol. The third kappa shape index (κ3) is 2.29. The molecule has 2 aliphatic rings. The van der Waals surface area contributed by atoms with Gasteiger partial charge in [-0.1, -0.05) is 6.42 Å². The molecule has 1 atom stereocenters. The summed E-state index contributed by atoms with van der Waals surface area (Å²) in [5, 5.41) is 0. The Morgan fingerprint density at radius 2 is 1.86 bits per heavy atom. The zero-order valence-electron chi connectivity index (χ0n) is 9.71. The van der Waals surface area contributed by atoms with Crippen LogP contribution in [0.1, 0.15) is 39.5 Å². The monoisotopic (exact) mass is 196 g/mol. The smallest absolute Gasteiger partial charge is 0.0225 e. The topological polar surface area (TPSA) is 6.48 Å². The second-order valence-corrected chi connectivity index (χ2v) is 5.14. The Bertz CT molecular complexity index is 175. The van der Waals surface area contributed by atoms with Crippen LogP contribution in [-0.2, 0) is 0 Å². The maximum atomic E-state index is 2.71. The van der Waals surface area contributed by atoms with Crippen molar-refractivity contribution in [2.24, 2.45) is 0 Å². The number of hydrogen-bond acceptors (Lipinski definition) is 2. The number of likely N-dealkylation sites (tertiary alicyclic amines) is 2. The lowest BCUT2D eigenvalue weighted by atomic mass is 9.99. The molecule has 0 amide bonds. The summed E-state index contributed by atoms with van der Waals surface area (Å²) in [6, 6.07) is 1.59. The maximum Gasteiger partial charge on any atom is 0.0225 e. The van der Waals surface area contributed by atoms with Crippen LogP contribution >= 0.6 is 0 Å². The minimum atomic E-state index is 0.738. The van der Waals surface area contributed by atoms with E-state index in [1.807, 2.05) is 0 Å². The average Bonchev–Trinajstić information content (AvgIpc) is 2.12. The molecule has 2 nitrogen and oxygen atoms in total. The van der Waals surface area contributed by atoms with Crippen LogP contribution in [0, 0.1) is 0 Å². The molecule has 1 unspecified atom stereocenters. The summed E-state index contributed by atoms with van der Waals surface area (Å²) in [7, 11) is 0. The molecule has 14 heavy (non-hydrogen) atoms. The lowest BCUT2D eigenvalue weighted by Crippen LogP contribution is -2.52. The minimum absolute atomic E-state index is 0.738. The fourth-order valence-electron chi connectivity index (χ4n) is 2.76. The van der Waals surface area contributed by atoms with Crippen molar-refractivity contribution in [3.8, 4) is 0 Å². The highest BCUT2D eigenvalue weighted by Crippen LogP contribution is 2.21. The molecule has 0 N–H and O–H groups in total. The highest BCUT2D eigenvalue weighted by atomic mass is 15.3. The van der Waals surface area contributed by atoms with Gasteiger partial charge in [-0.15, -0.1) is 0 Å². The molecule has 82 valence electrons. The van der Waals surface area contributed by atoms with Crippen molar-refractivity contribution in [3.05, 3.63) is 0 Å². The van der Waals surface area contributed by atoms with Crippen molar-refractivity contribution in [1.29, 1.82) is 0 Å². The van der Waals surface area contributed by atoms with E-state index in [4.69, 9.17) is 0 Å². The Kier molecular flexibility index (Phi) is 3.45. The van der Waals surface area contributed by atoms with Crippen LogP contribution < -0.4 is 0 Å². The first-order chi connectivity index (χ1) is 6.77. The first kappa shape index (κ1) is 10.4. The van der Waals surface area contributed by atoms with Crippen LogP contribution in [0.4, 0.5) is 0 Å². The van der Waals surface area contributed by atoms with Gasteiger partial charge < -0.3 is 4.90 Å². The van der Waals surface area contributed by atoms with Gasteiger partial charge in [-0.05, 0) is 52.7 Å². The van der Waals surface area contributed by atoms with Gasteiger partial charge in [-0.25, -0.2) is 0 Å². The summed E-state index contributed by atoms with van der Waals surface area (Å²) in [6.07, 6.45) is 5.71. The SMILES string of the molecule is CC(C)N1CCCCC1CN1CCC1. The van der Waals surface area contributed by atoms with Gasteiger partial charge in [0, 0.05) is 18.6 Å². The Morgan fingerprint density at radius 1 is 1.07 bits per heavy atom. The molecule has 2 rings (SSSR count). The van der Waals surface area contributed by atoms with Crippen LogP contribution in [0.2, 0.25) is 0 Å². The summed E-state index contributed by atoms with van der Waals surface area (Å²) in [5.74, 6) is 0. The zero-order valence-corrected chi connectivity index (χ0v) is 9.71. The predicted molar refractivity (Wildman–Crippen MR) is 60.5 cm³/mol. The molecule has 2 heteroatoms. The van der Waals surface area contributed by atoms with Crippen molar-refractivity contribution in [3.63, 3.8) is 0 Å². The molecule has 0 aliphatic carbocycles. The minimum Gasteiger partial charge on any atom is -0.302 e. The normalized spacial score (nSPS) is 30.6. The Hall–Kier alpha value is -0.0800. The van der Waals surface area contributed by atoms with Gasteiger partial charge in [0.05, 0.1) is 0 Å². The van der Waals surface area contributed by atoms with Gasteiger partial charge in [0.1, 0.15) is 0 Å². The van der Waals surface area contributed by atoms with E-state index in [2.05, 4.69) is 23.6 Å². The maximum absolute atomic E-state index is 2.71. The number of hydrogen-bond donors (Lipinski definition) is 0. The second kappa shape index (κ2) is 4.63. The molecule has 0 radical (unpaired) electrons. The van der Waals surface area contributed by atoms with Crippen molar-refractivity contribution < 1.29 is 0 Å². The Morgan fingerprint density at radius 3 is 2.43 bits per heavy atom. The summed E-state index contributed by atoms with van der Waals surface area (Å²) >= 11 is 0. The van der Waals surface area contributed by atoms with Crippen molar-refractivity contribution >= 4 is 0 Å². The standard InChI is InChI=1S/C12H24N2/c1-11(2)14-9-4-3-6-12(14)10-13-7-5-8-13/h11-12H,3-10H2,1-2H3. The van der Waals surface area contributed by atoms with Crippen LogP contribution in [-0.4, -0.2) is 48.1 Å². The molecule has 0 aromatic carbocycles. The van der Waals surface area contributed by atoms with Gasteiger partial charge >= 0.3 is 0 Å². The third-order valence-corrected chi connectivity index (χ3v) is 3.75. The summed E-state index contributed by atoms with van der Waals surface area (Å²) in [4.78, 5) is 5.33. The highest BCUT2D eigenvalue weighted by Gasteiger charge is 2.27. The quantitative estimate of drug-likeness (QED) is 0.681. The van der Waals surface area contributed by atoms with E-state index in [1.54, 1.807) is 0 Å². The van der Waals surface area contributed by atoms with E-state index in [9.17, 15) is 0 Å². The molecule has 2 aliphatic heterocycles. The van der Waals surface area contributed by atoms with Crippen LogP contribution in [0.15, 0.2) is 0 Å². The number of nitrogens with zero attached hydrogens (tertiary/aromatic N) is 2. The summed E-state index contributed by atoms with van der Waals surface area (Å²) in [6.45, 7) is 10.0. The number of piperidine rings is 1. The first-order valence-electron chi connectivity index (χ1n) is 6.25. The van der Waals surface area contributed by atoms with E-state index in [0.717, 1.165) is 12.1 Å². The van der Waals surface area contributed by atoms with Crippen molar-refractivity contribution in [2.45, 2.75) is 51.6 Å². The van der Waals surface area contributed by atoms with Crippen molar-refractivity contribution in [2.75, 3.05) is 26.2 Å². The summed E-state index contributed by atoms with van der Waals surface area (Å²) in [5.41, 5.74) is 0. The predicted octanol–water partition coefficient (Wildman–Crippen LogP) is 1.96. The second-order valence-electron chi connectivity index (χ2n) is 5.14. The van der Waals surface area contributed by atoms with Gasteiger partial charge in [0.2, 0.25) is 0 Å². The highest BCUT2D eigenvalue weighted by molar-refractivity contribution is 4.84. The molecular formula is C12H24N2. The van der Waals surface area contributed by atoms with E-state index < -0.39 is 0 Å². The lowest BCUT2D eigenvalue weighted by molar-refractivity contribution is 0.0575.